The monoisotopic (exact) mass is 204 g/mol. The summed E-state index contributed by atoms with van der Waals surface area (Å²) in [5.74, 6) is 0. The Morgan fingerprint density at radius 3 is 2.60 bits per heavy atom. The van der Waals surface area contributed by atoms with Gasteiger partial charge >= 0.3 is 0 Å². The number of hydrogen-bond acceptors (Lipinski definition) is 2. The highest BCUT2D eigenvalue weighted by molar-refractivity contribution is 5.17. The zero-order chi connectivity index (χ0) is 10.5. The van der Waals surface area contributed by atoms with Crippen molar-refractivity contribution in [2.24, 2.45) is 0 Å². The first kappa shape index (κ1) is 10.4. The zero-order valence-corrected chi connectivity index (χ0v) is 8.76. The predicted octanol–water partition coefficient (Wildman–Crippen LogP) is 3.41. The Bertz CT molecular complexity index is 300. The van der Waals surface area contributed by atoms with Crippen molar-refractivity contribution in [3.63, 3.8) is 0 Å². The molecule has 1 heterocycles. The van der Waals surface area contributed by atoms with Gasteiger partial charge in [-0.15, -0.1) is 6.58 Å². The van der Waals surface area contributed by atoms with Gasteiger partial charge in [0.15, 0.2) is 0 Å². The van der Waals surface area contributed by atoms with Crippen molar-refractivity contribution < 1.29 is 9.78 Å². The van der Waals surface area contributed by atoms with Gasteiger partial charge in [-0.2, -0.15) is 0 Å². The standard InChI is InChI=1S/C13H16O2/c1-2-6-12-9-10-13(15-14-12)11-7-4-3-5-8-11/h2-5,7-8,12-13H,1,6,9-10H2/t12-,13?/m0/s1. The van der Waals surface area contributed by atoms with Crippen molar-refractivity contribution in [3.8, 4) is 0 Å². The van der Waals surface area contributed by atoms with Gasteiger partial charge < -0.3 is 0 Å². The van der Waals surface area contributed by atoms with Gasteiger partial charge in [0, 0.05) is 0 Å². The van der Waals surface area contributed by atoms with E-state index in [2.05, 4.69) is 18.7 Å². The minimum Gasteiger partial charge on any atom is -0.232 e. The van der Waals surface area contributed by atoms with Crippen molar-refractivity contribution in [2.75, 3.05) is 0 Å². The van der Waals surface area contributed by atoms with Crippen LogP contribution in [0, 0.1) is 0 Å². The lowest BCUT2D eigenvalue weighted by atomic mass is 10.0. The maximum atomic E-state index is 5.38. The summed E-state index contributed by atoms with van der Waals surface area (Å²) in [6.45, 7) is 3.70. The molecule has 1 aromatic carbocycles. The fourth-order valence-electron chi connectivity index (χ4n) is 1.81. The lowest BCUT2D eigenvalue weighted by molar-refractivity contribution is -0.376. The van der Waals surface area contributed by atoms with E-state index in [1.54, 1.807) is 0 Å². The summed E-state index contributed by atoms with van der Waals surface area (Å²) in [6, 6.07) is 10.2. The molecule has 0 bridgehead atoms. The molecular formula is C13H16O2. The molecule has 2 atom stereocenters. The Morgan fingerprint density at radius 2 is 2.00 bits per heavy atom. The van der Waals surface area contributed by atoms with E-state index in [9.17, 15) is 0 Å². The summed E-state index contributed by atoms with van der Waals surface area (Å²) < 4.78 is 0. The smallest absolute Gasteiger partial charge is 0.118 e. The largest absolute Gasteiger partial charge is 0.232 e. The predicted molar refractivity (Wildman–Crippen MR) is 59.2 cm³/mol. The van der Waals surface area contributed by atoms with E-state index >= 15 is 0 Å². The van der Waals surface area contributed by atoms with Crippen molar-refractivity contribution in [2.45, 2.75) is 31.5 Å². The highest BCUT2D eigenvalue weighted by atomic mass is 17.2. The van der Waals surface area contributed by atoms with Crippen LogP contribution >= 0.6 is 0 Å². The van der Waals surface area contributed by atoms with Crippen LogP contribution < -0.4 is 0 Å². The van der Waals surface area contributed by atoms with Gasteiger partial charge in [0.1, 0.15) is 6.10 Å². The Labute approximate surface area is 90.4 Å². The van der Waals surface area contributed by atoms with Gasteiger partial charge in [0.05, 0.1) is 6.10 Å². The van der Waals surface area contributed by atoms with Crippen LogP contribution in [-0.2, 0) is 9.78 Å². The molecule has 15 heavy (non-hydrogen) atoms. The van der Waals surface area contributed by atoms with Crippen LogP contribution in [0.25, 0.3) is 0 Å². The minimum atomic E-state index is 0.0901. The van der Waals surface area contributed by atoms with Gasteiger partial charge in [0.25, 0.3) is 0 Å². The molecule has 1 aliphatic rings. The first-order chi connectivity index (χ1) is 7.40. The maximum absolute atomic E-state index is 5.38. The fourth-order valence-corrected chi connectivity index (χ4v) is 1.81. The summed E-state index contributed by atoms with van der Waals surface area (Å²) in [7, 11) is 0. The van der Waals surface area contributed by atoms with Crippen LogP contribution in [0.5, 0.6) is 0 Å². The molecule has 0 aliphatic carbocycles. The normalized spacial score (nSPS) is 26.1. The Balaban J connectivity index is 1.91. The van der Waals surface area contributed by atoms with E-state index in [4.69, 9.17) is 9.78 Å². The number of rotatable bonds is 3. The van der Waals surface area contributed by atoms with Crippen molar-refractivity contribution in [1.29, 1.82) is 0 Å². The molecule has 1 fully saturated rings. The van der Waals surface area contributed by atoms with Crippen LogP contribution in [-0.4, -0.2) is 6.10 Å². The fraction of sp³-hybridized carbons (Fsp3) is 0.385. The summed E-state index contributed by atoms with van der Waals surface area (Å²) >= 11 is 0. The minimum absolute atomic E-state index is 0.0901. The summed E-state index contributed by atoms with van der Waals surface area (Å²) in [6.07, 6.45) is 5.06. The molecular weight excluding hydrogens is 188 g/mol. The van der Waals surface area contributed by atoms with Crippen molar-refractivity contribution >= 4 is 0 Å². The lowest BCUT2D eigenvalue weighted by Crippen LogP contribution is -2.22. The van der Waals surface area contributed by atoms with E-state index in [1.165, 1.54) is 5.56 Å². The van der Waals surface area contributed by atoms with Gasteiger partial charge in [-0.1, -0.05) is 36.4 Å². The summed E-state index contributed by atoms with van der Waals surface area (Å²) in [5, 5.41) is 0. The van der Waals surface area contributed by atoms with Gasteiger partial charge in [-0.05, 0) is 24.8 Å². The second kappa shape index (κ2) is 5.10. The third kappa shape index (κ3) is 2.67. The average molecular weight is 204 g/mol. The zero-order valence-electron chi connectivity index (χ0n) is 8.76. The Hall–Kier alpha value is -1.12. The molecule has 2 rings (SSSR count). The summed E-state index contributed by atoms with van der Waals surface area (Å²) in [4.78, 5) is 10.7. The second-order valence-electron chi connectivity index (χ2n) is 3.82. The van der Waals surface area contributed by atoms with E-state index < -0.39 is 0 Å². The molecule has 2 heteroatoms. The molecule has 0 N–H and O–H groups in total. The third-order valence-electron chi connectivity index (χ3n) is 2.66. The van der Waals surface area contributed by atoms with Gasteiger partial charge in [-0.25, -0.2) is 9.78 Å². The molecule has 0 radical (unpaired) electrons. The Morgan fingerprint density at radius 1 is 1.20 bits per heavy atom. The molecule has 1 aliphatic heterocycles. The van der Waals surface area contributed by atoms with Crippen LogP contribution in [0.2, 0.25) is 0 Å². The van der Waals surface area contributed by atoms with E-state index in [1.807, 2.05) is 24.3 Å². The molecule has 1 saturated heterocycles. The molecule has 0 amide bonds. The second-order valence-corrected chi connectivity index (χ2v) is 3.82. The molecule has 1 aromatic rings. The first-order valence-corrected chi connectivity index (χ1v) is 5.38. The van der Waals surface area contributed by atoms with Crippen LogP contribution in [0.15, 0.2) is 43.0 Å². The van der Waals surface area contributed by atoms with Crippen LogP contribution in [0.1, 0.15) is 30.9 Å². The van der Waals surface area contributed by atoms with E-state index in [-0.39, 0.29) is 12.2 Å². The SMILES string of the molecule is C=CC[C@H]1CCC(c2ccccc2)OO1. The maximum Gasteiger partial charge on any atom is 0.118 e. The molecule has 2 nitrogen and oxygen atoms in total. The average Bonchev–Trinajstić information content (AvgIpc) is 2.32. The molecule has 0 saturated carbocycles. The topological polar surface area (TPSA) is 18.5 Å². The van der Waals surface area contributed by atoms with Gasteiger partial charge in [0.2, 0.25) is 0 Å². The highest BCUT2D eigenvalue weighted by Crippen LogP contribution is 2.30. The van der Waals surface area contributed by atoms with E-state index in [0.29, 0.717) is 0 Å². The molecule has 0 spiro atoms. The quantitative estimate of drug-likeness (QED) is 0.555. The first-order valence-electron chi connectivity index (χ1n) is 5.38. The lowest BCUT2D eigenvalue weighted by Gasteiger charge is -2.27. The van der Waals surface area contributed by atoms with Crippen molar-refractivity contribution in [1.82, 2.24) is 0 Å². The molecule has 0 aromatic heterocycles. The summed E-state index contributed by atoms with van der Waals surface area (Å²) in [5.41, 5.74) is 1.19. The number of benzene rings is 1. The molecule has 1 unspecified atom stereocenters. The van der Waals surface area contributed by atoms with Gasteiger partial charge in [-0.3, -0.25) is 0 Å². The number of hydrogen-bond donors (Lipinski definition) is 0. The van der Waals surface area contributed by atoms with Crippen LogP contribution in [0.3, 0.4) is 0 Å². The van der Waals surface area contributed by atoms with E-state index in [0.717, 1.165) is 19.3 Å². The highest BCUT2D eigenvalue weighted by Gasteiger charge is 2.23. The van der Waals surface area contributed by atoms with Crippen molar-refractivity contribution in [3.05, 3.63) is 48.6 Å². The third-order valence-corrected chi connectivity index (χ3v) is 2.66. The Kier molecular flexibility index (Phi) is 3.54. The van der Waals surface area contributed by atoms with Crippen LogP contribution in [0.4, 0.5) is 0 Å². The molecule has 80 valence electrons.